The van der Waals surface area contributed by atoms with Crippen molar-refractivity contribution >= 4 is 22.4 Å². The normalized spacial score (nSPS) is 18.0. The van der Waals surface area contributed by atoms with Crippen LogP contribution in [0.25, 0.3) is 16.5 Å². The zero-order valence-electron chi connectivity index (χ0n) is 21.3. The fourth-order valence-corrected chi connectivity index (χ4v) is 5.31. The van der Waals surface area contributed by atoms with Gasteiger partial charge in [0.15, 0.2) is 0 Å². The number of ether oxygens (including phenoxy) is 2. The molecule has 1 N–H and O–H groups in total. The summed E-state index contributed by atoms with van der Waals surface area (Å²) in [5.74, 6) is 0.451. The van der Waals surface area contributed by atoms with Crippen molar-refractivity contribution in [2.24, 2.45) is 0 Å². The number of hydrogen-bond acceptors (Lipinski definition) is 4. The molecule has 5 rings (SSSR count). The van der Waals surface area contributed by atoms with Crippen LogP contribution in [0.4, 0.5) is 4.39 Å². The Morgan fingerprint density at radius 2 is 1.89 bits per heavy atom. The Labute approximate surface area is 211 Å². The zero-order valence-corrected chi connectivity index (χ0v) is 21.3. The van der Waals surface area contributed by atoms with Gasteiger partial charge in [-0.05, 0) is 66.9 Å². The summed E-state index contributed by atoms with van der Waals surface area (Å²) in [7, 11) is 0. The summed E-state index contributed by atoms with van der Waals surface area (Å²) >= 11 is 0. The second-order valence-corrected chi connectivity index (χ2v) is 10.4. The van der Waals surface area contributed by atoms with Gasteiger partial charge >= 0.3 is 0 Å². The van der Waals surface area contributed by atoms with Gasteiger partial charge in [-0.2, -0.15) is 0 Å². The smallest absolute Gasteiger partial charge is 0.257 e. The van der Waals surface area contributed by atoms with Gasteiger partial charge in [0.25, 0.3) is 5.91 Å². The largest absolute Gasteiger partial charge is 0.494 e. The van der Waals surface area contributed by atoms with Crippen molar-refractivity contribution in [1.82, 2.24) is 14.8 Å². The van der Waals surface area contributed by atoms with Gasteiger partial charge < -0.3 is 19.4 Å². The van der Waals surface area contributed by atoms with Crippen LogP contribution in [0.3, 0.4) is 0 Å². The first-order valence-corrected chi connectivity index (χ1v) is 12.7. The highest BCUT2D eigenvalue weighted by molar-refractivity contribution is 5.97. The van der Waals surface area contributed by atoms with Gasteiger partial charge in [0, 0.05) is 60.0 Å². The van der Waals surface area contributed by atoms with Crippen molar-refractivity contribution in [3.8, 4) is 5.75 Å². The molecule has 190 valence electrons. The van der Waals surface area contributed by atoms with Crippen LogP contribution in [0.15, 0.2) is 48.7 Å². The summed E-state index contributed by atoms with van der Waals surface area (Å²) in [6.45, 7) is 12.0. The minimum atomic E-state index is -0.334. The highest BCUT2D eigenvalue weighted by Crippen LogP contribution is 2.40. The van der Waals surface area contributed by atoms with E-state index in [0.29, 0.717) is 18.7 Å². The number of rotatable bonds is 6. The Morgan fingerprint density at radius 1 is 1.14 bits per heavy atom. The SMILES string of the molecule is CC1=CN(C(=O)c2ccc(OCCCN3CCOCC3)cc2)CC(C)(C)c2c1[nH]c1cc(F)ccc21. The number of carbonyl (C=O) groups excluding carboxylic acids is 1. The van der Waals surface area contributed by atoms with E-state index >= 15 is 0 Å². The van der Waals surface area contributed by atoms with E-state index in [1.54, 1.807) is 4.90 Å². The Bertz CT molecular complexity index is 1270. The molecule has 0 atom stereocenters. The Morgan fingerprint density at radius 3 is 2.64 bits per heavy atom. The molecule has 3 aromatic rings. The van der Waals surface area contributed by atoms with Crippen LogP contribution >= 0.6 is 0 Å². The molecule has 0 spiro atoms. The minimum Gasteiger partial charge on any atom is -0.494 e. The standard InChI is InChI=1S/C29H34FN3O3/c1-20-18-33(19-29(2,3)26-24-10-7-22(30)17-25(24)31-27(20)26)28(34)21-5-8-23(9-6-21)36-14-4-11-32-12-15-35-16-13-32/h5-10,17-18,31H,4,11-16,19H2,1-3H3. The number of carbonyl (C=O) groups is 1. The molecule has 2 aromatic carbocycles. The van der Waals surface area contributed by atoms with Crippen LogP contribution < -0.4 is 4.74 Å². The summed E-state index contributed by atoms with van der Waals surface area (Å²) in [6, 6.07) is 12.2. The number of hydrogen-bond donors (Lipinski definition) is 1. The number of halogens is 1. The summed E-state index contributed by atoms with van der Waals surface area (Å²) in [6.07, 6.45) is 2.85. The van der Waals surface area contributed by atoms with E-state index in [2.05, 4.69) is 23.7 Å². The molecule has 0 aliphatic carbocycles. The maximum Gasteiger partial charge on any atom is 0.257 e. The lowest BCUT2D eigenvalue weighted by Crippen LogP contribution is -2.37. The van der Waals surface area contributed by atoms with Crippen molar-refractivity contribution < 1.29 is 18.7 Å². The fraction of sp³-hybridized carbons (Fsp3) is 0.414. The third kappa shape index (κ3) is 5.04. The highest BCUT2D eigenvalue weighted by Gasteiger charge is 2.34. The van der Waals surface area contributed by atoms with Crippen LogP contribution in [-0.2, 0) is 10.2 Å². The van der Waals surface area contributed by atoms with Crippen LogP contribution in [-0.4, -0.2) is 66.7 Å². The van der Waals surface area contributed by atoms with Crippen molar-refractivity contribution in [3.05, 3.63) is 71.3 Å². The third-order valence-electron chi connectivity index (χ3n) is 7.10. The minimum absolute atomic E-state index is 0.0539. The van der Waals surface area contributed by atoms with Crippen molar-refractivity contribution in [2.45, 2.75) is 32.6 Å². The van der Waals surface area contributed by atoms with Gasteiger partial charge in [-0.1, -0.05) is 13.8 Å². The average Bonchev–Trinajstić information content (AvgIpc) is 3.22. The Kier molecular flexibility index (Phi) is 6.86. The summed E-state index contributed by atoms with van der Waals surface area (Å²) in [5.41, 5.74) is 4.08. The average molecular weight is 492 g/mol. The molecule has 2 aliphatic heterocycles. The number of benzene rings is 2. The number of fused-ring (bicyclic) bond motifs is 3. The Hall–Kier alpha value is -3.16. The molecule has 7 heteroatoms. The number of nitrogens with one attached hydrogen (secondary N) is 1. The molecule has 1 amide bonds. The molecule has 0 radical (unpaired) electrons. The van der Waals surface area contributed by atoms with Crippen molar-refractivity contribution in [2.75, 3.05) is 46.0 Å². The summed E-state index contributed by atoms with van der Waals surface area (Å²) < 4.78 is 25.1. The molecular formula is C29H34FN3O3. The van der Waals surface area contributed by atoms with E-state index in [0.717, 1.165) is 72.8 Å². The second kappa shape index (κ2) is 10.1. The lowest BCUT2D eigenvalue weighted by molar-refractivity contribution is 0.0358. The quantitative estimate of drug-likeness (QED) is 0.482. The molecule has 6 nitrogen and oxygen atoms in total. The Balaban J connectivity index is 1.26. The van der Waals surface area contributed by atoms with E-state index in [4.69, 9.17) is 9.47 Å². The topological polar surface area (TPSA) is 57.8 Å². The van der Waals surface area contributed by atoms with Crippen molar-refractivity contribution in [1.29, 1.82) is 0 Å². The number of H-pyrrole nitrogens is 1. The molecule has 0 saturated carbocycles. The molecule has 3 heterocycles. The first-order chi connectivity index (χ1) is 17.3. The molecule has 1 saturated heterocycles. The predicted octanol–water partition coefficient (Wildman–Crippen LogP) is 5.20. The van der Waals surface area contributed by atoms with Crippen LogP contribution in [0.5, 0.6) is 5.75 Å². The molecule has 0 unspecified atom stereocenters. The highest BCUT2D eigenvalue weighted by atomic mass is 19.1. The van der Waals surface area contributed by atoms with Crippen LogP contribution in [0.1, 0.15) is 48.8 Å². The van der Waals surface area contributed by atoms with Crippen LogP contribution in [0, 0.1) is 5.82 Å². The first kappa shape index (κ1) is 24.5. The van der Waals surface area contributed by atoms with Gasteiger partial charge in [0.2, 0.25) is 0 Å². The number of amides is 1. The molecule has 36 heavy (non-hydrogen) atoms. The van der Waals surface area contributed by atoms with Gasteiger partial charge in [-0.15, -0.1) is 0 Å². The number of aromatic amines is 1. The van der Waals surface area contributed by atoms with E-state index in [1.165, 1.54) is 12.1 Å². The van der Waals surface area contributed by atoms with Gasteiger partial charge in [0.1, 0.15) is 11.6 Å². The summed E-state index contributed by atoms with van der Waals surface area (Å²) in [4.78, 5) is 21.0. The van der Waals surface area contributed by atoms with Crippen LogP contribution in [0.2, 0.25) is 0 Å². The number of nitrogens with zero attached hydrogens (tertiary/aromatic N) is 2. The van der Waals surface area contributed by atoms with Gasteiger partial charge in [-0.3, -0.25) is 9.69 Å². The number of allylic oxidation sites excluding steroid dienone is 1. The second-order valence-electron chi connectivity index (χ2n) is 10.4. The predicted molar refractivity (Wildman–Crippen MR) is 140 cm³/mol. The molecule has 1 fully saturated rings. The fourth-order valence-electron chi connectivity index (χ4n) is 5.31. The maximum absolute atomic E-state index is 13.8. The van der Waals surface area contributed by atoms with E-state index < -0.39 is 0 Å². The number of aromatic nitrogens is 1. The van der Waals surface area contributed by atoms with E-state index in [-0.39, 0.29) is 17.1 Å². The number of morpholine rings is 1. The van der Waals surface area contributed by atoms with Gasteiger partial charge in [0.05, 0.1) is 19.8 Å². The monoisotopic (exact) mass is 491 g/mol. The zero-order chi connectivity index (χ0) is 25.3. The maximum atomic E-state index is 13.8. The lowest BCUT2D eigenvalue weighted by atomic mass is 9.82. The molecular weight excluding hydrogens is 457 g/mol. The molecule has 1 aromatic heterocycles. The molecule has 2 aliphatic rings. The summed E-state index contributed by atoms with van der Waals surface area (Å²) in [5, 5.41) is 0.994. The lowest BCUT2D eigenvalue weighted by Gasteiger charge is -2.29. The van der Waals surface area contributed by atoms with E-state index in [1.807, 2.05) is 43.5 Å². The first-order valence-electron chi connectivity index (χ1n) is 12.7. The third-order valence-corrected chi connectivity index (χ3v) is 7.10. The van der Waals surface area contributed by atoms with Crippen molar-refractivity contribution in [3.63, 3.8) is 0 Å². The van der Waals surface area contributed by atoms with Gasteiger partial charge in [-0.25, -0.2) is 4.39 Å². The van der Waals surface area contributed by atoms with E-state index in [9.17, 15) is 9.18 Å². The molecule has 0 bridgehead atoms.